The second-order valence-corrected chi connectivity index (χ2v) is 7.58. The van der Waals surface area contributed by atoms with Gasteiger partial charge in [0.25, 0.3) is 0 Å². The molecule has 5 amide bonds. The normalized spacial score (nSPS) is 16.0. The van der Waals surface area contributed by atoms with Gasteiger partial charge >= 0.3 is 0 Å². The van der Waals surface area contributed by atoms with Gasteiger partial charge in [-0.25, -0.2) is 0 Å². The van der Waals surface area contributed by atoms with Gasteiger partial charge in [-0.2, -0.15) is 0 Å². The first-order chi connectivity index (χ1) is 15.8. The Morgan fingerprint density at radius 2 is 0.941 bits per heavy atom. The summed E-state index contributed by atoms with van der Waals surface area (Å²) in [6.45, 7) is 2.96. The highest BCUT2D eigenvalue weighted by Crippen LogP contribution is 1.94. The van der Waals surface area contributed by atoms with Crippen molar-refractivity contribution in [3.63, 3.8) is 0 Å². The second-order valence-electron chi connectivity index (χ2n) is 7.58. The first kappa shape index (κ1) is 30.9. The van der Waals surface area contributed by atoms with Crippen LogP contribution in [0.5, 0.6) is 0 Å². The molecule has 0 aromatic heterocycles. The van der Waals surface area contributed by atoms with Crippen LogP contribution in [0.15, 0.2) is 0 Å². The summed E-state index contributed by atoms with van der Waals surface area (Å²) < 4.78 is 0. The van der Waals surface area contributed by atoms with Crippen molar-refractivity contribution in [3.8, 4) is 0 Å². The fraction of sp³-hybridized carbons (Fsp3) is 0.684. The van der Waals surface area contributed by atoms with Gasteiger partial charge in [0.05, 0.1) is 25.9 Å². The zero-order chi connectivity index (χ0) is 26.6. The Labute approximate surface area is 196 Å². The lowest BCUT2D eigenvalue weighted by Gasteiger charge is -2.23. The lowest BCUT2D eigenvalue weighted by atomic mass is 10.2. The number of carbonyl (C=O) groups is 6. The third kappa shape index (κ3) is 10.2. The Hall–Kier alpha value is -3.14. The summed E-state index contributed by atoms with van der Waals surface area (Å²) in [6.07, 6.45) is 0. The van der Waals surface area contributed by atoms with Crippen LogP contribution in [0.4, 0.5) is 0 Å². The number of aliphatic hydroxyl groups excluding tert-OH is 3. The number of amides is 5. The number of rotatable bonds is 14. The highest BCUT2D eigenvalue weighted by Gasteiger charge is 2.29. The molecule has 0 fully saturated rings. The molecule has 0 radical (unpaired) electrons. The SMILES string of the molecule is CC(=O)[C@H](C)NC(=O)[C@H](CO)NC(=O)[C@H](C)NC(=O)[C@H](CO)NC(=O)[C@H](C)NC(=O)[C@@H](N)CO. The monoisotopic (exact) mass is 490 g/mol. The Balaban J connectivity index is 4.92. The number of hydrogen-bond donors (Lipinski definition) is 9. The van der Waals surface area contributed by atoms with E-state index in [1.165, 1.54) is 27.7 Å². The van der Waals surface area contributed by atoms with E-state index in [9.17, 15) is 39.0 Å². The molecular formula is C19H34N6O9. The fourth-order valence-corrected chi connectivity index (χ4v) is 2.25. The van der Waals surface area contributed by atoms with Crippen molar-refractivity contribution < 1.29 is 44.1 Å². The maximum atomic E-state index is 12.4. The molecule has 0 aromatic rings. The summed E-state index contributed by atoms with van der Waals surface area (Å²) in [5, 5.41) is 38.8. The molecule has 34 heavy (non-hydrogen) atoms. The van der Waals surface area contributed by atoms with Crippen molar-refractivity contribution in [2.45, 2.75) is 63.9 Å². The third-order valence-electron chi connectivity index (χ3n) is 4.64. The quantitative estimate of drug-likeness (QED) is 0.112. The Morgan fingerprint density at radius 1 is 0.588 bits per heavy atom. The van der Waals surface area contributed by atoms with Gasteiger partial charge in [0.1, 0.15) is 30.2 Å². The molecule has 0 unspecified atom stereocenters. The summed E-state index contributed by atoms with van der Waals surface area (Å²) in [6, 6.07) is -7.36. The van der Waals surface area contributed by atoms with Gasteiger partial charge in [-0.15, -0.1) is 0 Å². The zero-order valence-electron chi connectivity index (χ0n) is 19.5. The highest BCUT2D eigenvalue weighted by molar-refractivity contribution is 5.96. The predicted octanol–water partition coefficient (Wildman–Crippen LogP) is -5.64. The summed E-state index contributed by atoms with van der Waals surface area (Å²) in [5.41, 5.74) is 5.33. The molecule has 0 aliphatic heterocycles. The first-order valence-corrected chi connectivity index (χ1v) is 10.4. The van der Waals surface area contributed by atoms with Crippen LogP contribution in [-0.2, 0) is 28.8 Å². The molecule has 0 aliphatic carbocycles. The molecule has 0 saturated carbocycles. The molecule has 0 rings (SSSR count). The van der Waals surface area contributed by atoms with Crippen LogP contribution in [0.25, 0.3) is 0 Å². The average molecular weight is 491 g/mol. The second kappa shape index (κ2) is 14.9. The number of Topliss-reactive ketones (excluding diaryl/α,β-unsaturated/α-hetero) is 1. The van der Waals surface area contributed by atoms with Gasteiger partial charge in [0.15, 0.2) is 5.78 Å². The average Bonchev–Trinajstić information content (AvgIpc) is 2.79. The fourth-order valence-electron chi connectivity index (χ4n) is 2.25. The predicted molar refractivity (Wildman–Crippen MR) is 117 cm³/mol. The molecular weight excluding hydrogens is 456 g/mol. The lowest BCUT2D eigenvalue weighted by molar-refractivity contribution is -0.135. The molecule has 0 aliphatic rings. The van der Waals surface area contributed by atoms with Crippen molar-refractivity contribution in [1.29, 1.82) is 0 Å². The van der Waals surface area contributed by atoms with Crippen LogP contribution in [0.3, 0.4) is 0 Å². The number of hydrogen-bond acceptors (Lipinski definition) is 10. The van der Waals surface area contributed by atoms with Gasteiger partial charge in [0, 0.05) is 0 Å². The minimum Gasteiger partial charge on any atom is -0.394 e. The molecule has 15 nitrogen and oxygen atoms in total. The number of nitrogens with one attached hydrogen (secondary N) is 5. The van der Waals surface area contributed by atoms with Crippen LogP contribution < -0.4 is 32.3 Å². The van der Waals surface area contributed by atoms with Crippen LogP contribution in [0.1, 0.15) is 27.7 Å². The van der Waals surface area contributed by atoms with Gasteiger partial charge in [0.2, 0.25) is 29.5 Å². The number of nitrogens with two attached hydrogens (primary N) is 1. The van der Waals surface area contributed by atoms with E-state index in [4.69, 9.17) is 10.8 Å². The number of ketones is 1. The summed E-state index contributed by atoms with van der Waals surface area (Å²) >= 11 is 0. The topological polar surface area (TPSA) is 249 Å². The van der Waals surface area contributed by atoms with E-state index >= 15 is 0 Å². The maximum Gasteiger partial charge on any atom is 0.245 e. The first-order valence-electron chi connectivity index (χ1n) is 10.4. The molecule has 0 heterocycles. The standard InChI is InChI=1S/C19H34N6O9/c1-8(11(4)29)21-18(33)13(6-27)24-16(31)10(3)23-19(34)14(7-28)25-15(30)9(2)22-17(32)12(20)5-26/h8-10,12-14,26-28H,5-7,20H2,1-4H3,(H,21,33)(H,22,32)(H,23,34)(H,24,31)(H,25,30)/t8-,9-,10-,12-,13-,14-/m0/s1. The van der Waals surface area contributed by atoms with Gasteiger partial charge in [-0.3, -0.25) is 28.8 Å². The van der Waals surface area contributed by atoms with Crippen LogP contribution in [0.2, 0.25) is 0 Å². The van der Waals surface area contributed by atoms with Crippen molar-refractivity contribution in [3.05, 3.63) is 0 Å². The van der Waals surface area contributed by atoms with E-state index < -0.39 is 85.6 Å². The van der Waals surface area contributed by atoms with E-state index in [0.717, 1.165) is 0 Å². The summed E-state index contributed by atoms with van der Waals surface area (Å²) in [5.74, 6) is -4.60. The van der Waals surface area contributed by atoms with Crippen molar-refractivity contribution in [2.24, 2.45) is 5.73 Å². The third-order valence-corrected chi connectivity index (χ3v) is 4.64. The molecule has 0 aromatic carbocycles. The molecule has 0 spiro atoms. The molecule has 194 valence electrons. The Kier molecular flexibility index (Phi) is 13.5. The number of carbonyl (C=O) groups excluding carboxylic acids is 6. The summed E-state index contributed by atoms with van der Waals surface area (Å²) in [7, 11) is 0. The smallest absolute Gasteiger partial charge is 0.245 e. The maximum absolute atomic E-state index is 12.4. The molecule has 6 atom stereocenters. The van der Waals surface area contributed by atoms with Crippen LogP contribution in [-0.4, -0.2) is 107 Å². The molecule has 10 N–H and O–H groups in total. The van der Waals surface area contributed by atoms with Gasteiger partial charge in [-0.1, -0.05) is 0 Å². The largest absolute Gasteiger partial charge is 0.394 e. The zero-order valence-corrected chi connectivity index (χ0v) is 19.5. The lowest BCUT2D eigenvalue weighted by Crippen LogP contribution is -2.59. The summed E-state index contributed by atoms with van der Waals surface area (Å²) in [4.78, 5) is 71.8. The molecule has 0 bridgehead atoms. The molecule has 0 saturated heterocycles. The van der Waals surface area contributed by atoms with E-state index in [1.807, 2.05) is 0 Å². The van der Waals surface area contributed by atoms with E-state index in [0.29, 0.717) is 0 Å². The molecule has 15 heteroatoms. The minimum atomic E-state index is -1.48. The number of aliphatic hydroxyl groups is 3. The van der Waals surface area contributed by atoms with Crippen molar-refractivity contribution in [2.75, 3.05) is 19.8 Å². The van der Waals surface area contributed by atoms with Crippen LogP contribution >= 0.6 is 0 Å². The van der Waals surface area contributed by atoms with E-state index in [2.05, 4.69) is 26.6 Å². The Bertz CT molecular complexity index is 763. The van der Waals surface area contributed by atoms with E-state index in [1.54, 1.807) is 0 Å². The Morgan fingerprint density at radius 3 is 1.26 bits per heavy atom. The minimum absolute atomic E-state index is 0.334. The van der Waals surface area contributed by atoms with Crippen molar-refractivity contribution in [1.82, 2.24) is 26.6 Å². The van der Waals surface area contributed by atoms with Crippen molar-refractivity contribution >= 4 is 35.3 Å². The van der Waals surface area contributed by atoms with Crippen LogP contribution in [0, 0.1) is 0 Å². The van der Waals surface area contributed by atoms with Gasteiger partial charge in [-0.05, 0) is 27.7 Å². The van der Waals surface area contributed by atoms with E-state index in [-0.39, 0.29) is 5.78 Å². The van der Waals surface area contributed by atoms with Gasteiger partial charge < -0.3 is 47.6 Å². The highest BCUT2D eigenvalue weighted by atomic mass is 16.3.